The van der Waals surface area contributed by atoms with Crippen LogP contribution in [0.2, 0.25) is 9.36 Å². The second-order valence-electron chi connectivity index (χ2n) is 19.2. The predicted molar refractivity (Wildman–Crippen MR) is 214 cm³/mol. The first-order chi connectivity index (χ1) is 22.3. The van der Waals surface area contributed by atoms with E-state index in [9.17, 15) is 0 Å². The van der Waals surface area contributed by atoms with Gasteiger partial charge in [0.1, 0.15) is 0 Å². The number of benzene rings is 4. The molecule has 0 amide bonds. The van der Waals surface area contributed by atoms with Gasteiger partial charge in [-0.2, -0.15) is 0 Å². The zero-order chi connectivity index (χ0) is 35.1. The van der Waals surface area contributed by atoms with Gasteiger partial charge in [0.2, 0.25) is 0 Å². The fourth-order valence-corrected chi connectivity index (χ4v) is 69.3. The van der Waals surface area contributed by atoms with E-state index in [1.807, 2.05) is 0 Å². The van der Waals surface area contributed by atoms with Crippen molar-refractivity contribution in [2.75, 3.05) is 0 Å². The first kappa shape index (κ1) is 35.3. The molecule has 0 spiro atoms. The normalized spacial score (nSPS) is 19.9. The Bertz CT molecular complexity index is 1980. The zero-order valence-corrected chi connectivity index (χ0v) is 36.9. The van der Waals surface area contributed by atoms with E-state index in [4.69, 9.17) is 0 Å². The fourth-order valence-electron chi connectivity index (χ4n) is 11.6. The summed E-state index contributed by atoms with van der Waals surface area (Å²) in [5, 5.41) is 0. The van der Waals surface area contributed by atoms with Crippen LogP contribution in [0.1, 0.15) is 145 Å². The molecule has 4 aromatic carbocycles. The number of hydrogen-bond donors (Lipinski definition) is 0. The van der Waals surface area contributed by atoms with E-state index in [0.29, 0.717) is 23.7 Å². The third-order valence-electron chi connectivity index (χ3n) is 13.9. The molecule has 0 heterocycles. The van der Waals surface area contributed by atoms with E-state index in [-0.39, 0.29) is 7.35 Å². The molecule has 0 saturated heterocycles. The zero-order valence-electron chi connectivity index (χ0n) is 31.9. The van der Waals surface area contributed by atoms with E-state index in [1.54, 1.807) is 17.8 Å². The third kappa shape index (κ3) is 4.40. The van der Waals surface area contributed by atoms with Crippen LogP contribution in [0.15, 0.2) is 96.1 Å². The Morgan fingerprint density at radius 3 is 1.12 bits per heavy atom. The molecule has 0 bridgehead atoms. The summed E-state index contributed by atoms with van der Waals surface area (Å²) in [6.45, 7) is 26.5. The van der Waals surface area contributed by atoms with Gasteiger partial charge in [-0.15, -0.1) is 0 Å². The van der Waals surface area contributed by atoms with Crippen LogP contribution in [0.4, 0.5) is 0 Å². The molecule has 2 atom stereocenters. The molecule has 2 heteroatoms. The Hall–Kier alpha value is -2.55. The van der Waals surface area contributed by atoms with Crippen LogP contribution < -0.4 is 6.64 Å². The fraction of sp³-hybridized carbons (Fsp3) is 0.391. The SMILES string of the molecule is CC1=Cc2c(C(C)C)cc(C(C)C)cc2[CH]1[Hf]([CH3])([CH3])(=[SiH2])([c]1ccccc1)([c]1ccccc1)[CH]1C(C)=Cc2c(C(C)C)cc(C(C)C)cc21. The molecule has 0 aliphatic heterocycles. The topological polar surface area (TPSA) is 0 Å². The minimum atomic E-state index is -6.05. The molecule has 0 aromatic heterocycles. The Morgan fingerprint density at radius 2 is 0.833 bits per heavy atom. The molecular weight excluding hydrogens is 759 g/mol. The average molecular weight is 820 g/mol. The van der Waals surface area contributed by atoms with Crippen molar-refractivity contribution in [3.63, 3.8) is 0 Å². The first-order valence-electron chi connectivity index (χ1n) is 18.6. The molecular formula is C46H60HfSi. The molecule has 48 heavy (non-hydrogen) atoms. The van der Waals surface area contributed by atoms with E-state index >= 15 is 0 Å². The molecule has 0 fully saturated rings. The van der Waals surface area contributed by atoms with Crippen molar-refractivity contribution in [1.82, 2.24) is 0 Å². The van der Waals surface area contributed by atoms with Gasteiger partial charge in [-0.3, -0.25) is 0 Å². The molecule has 6 rings (SSSR count). The maximum atomic E-state index is 2.88. The molecule has 0 saturated carbocycles. The molecule has 2 aliphatic rings. The van der Waals surface area contributed by atoms with E-state index in [1.165, 1.54) is 44.5 Å². The van der Waals surface area contributed by atoms with Crippen molar-refractivity contribution in [3.05, 3.63) is 141 Å². The van der Waals surface area contributed by atoms with Gasteiger partial charge in [-0.05, 0) is 0 Å². The van der Waals surface area contributed by atoms with Crippen LogP contribution in [0, 0.1) is 0 Å². The van der Waals surface area contributed by atoms with E-state index in [2.05, 4.69) is 183 Å². The van der Waals surface area contributed by atoms with Crippen molar-refractivity contribution in [2.45, 2.75) is 110 Å². The third-order valence-corrected chi connectivity index (χ3v) is 71.1. The van der Waals surface area contributed by atoms with Crippen LogP contribution in [0.5, 0.6) is 0 Å². The summed E-state index contributed by atoms with van der Waals surface area (Å²) in [5.41, 5.74) is 15.1. The maximum absolute atomic E-state index is 6.05. The number of allylic oxidation sites excluding steroid dienone is 2. The van der Waals surface area contributed by atoms with E-state index < -0.39 is 14.2 Å². The molecule has 0 radical (unpaired) electrons. The molecule has 0 nitrogen and oxygen atoms in total. The Kier molecular flexibility index (Phi) is 7.88. The summed E-state index contributed by atoms with van der Waals surface area (Å²) in [7, 11) is 0. The Labute approximate surface area is 288 Å². The van der Waals surface area contributed by atoms with Gasteiger partial charge in [0.15, 0.2) is 0 Å². The predicted octanol–water partition coefficient (Wildman–Crippen LogP) is 11.9. The van der Waals surface area contributed by atoms with E-state index in [0.717, 1.165) is 0 Å². The van der Waals surface area contributed by atoms with Crippen LogP contribution in [-0.2, 0) is 14.2 Å². The minimum absolute atomic E-state index is 0.244. The van der Waals surface area contributed by atoms with Crippen molar-refractivity contribution >= 4 is 25.7 Å². The van der Waals surface area contributed by atoms with Crippen LogP contribution in [0.3, 0.4) is 0 Å². The summed E-state index contributed by atoms with van der Waals surface area (Å²) in [6, 6.07) is 34.2. The molecule has 2 unspecified atom stereocenters. The summed E-state index contributed by atoms with van der Waals surface area (Å²) >= 11 is -6.05. The van der Waals surface area contributed by atoms with Gasteiger partial charge in [-0.25, -0.2) is 0 Å². The number of hydrogen-bond acceptors (Lipinski definition) is 0. The van der Waals surface area contributed by atoms with Gasteiger partial charge >= 0.3 is 290 Å². The van der Waals surface area contributed by atoms with Gasteiger partial charge in [0, 0.05) is 0 Å². The Morgan fingerprint density at radius 1 is 0.500 bits per heavy atom. The summed E-state index contributed by atoms with van der Waals surface area (Å²) in [6.07, 6.45) is 5.22. The summed E-state index contributed by atoms with van der Waals surface area (Å²) in [4.78, 5) is 0. The van der Waals surface area contributed by atoms with Crippen molar-refractivity contribution in [3.8, 4) is 0 Å². The molecule has 252 valence electrons. The quantitative estimate of drug-likeness (QED) is 0.155. The molecule has 0 N–H and O–H groups in total. The van der Waals surface area contributed by atoms with Crippen molar-refractivity contribution < 1.29 is 14.2 Å². The van der Waals surface area contributed by atoms with Crippen molar-refractivity contribution in [2.24, 2.45) is 0 Å². The molecule has 2 aliphatic carbocycles. The van der Waals surface area contributed by atoms with Crippen molar-refractivity contribution in [1.29, 1.82) is 0 Å². The standard InChI is InChI=1S/2C16H21.2C6H5.2CH3.Hf.H2Si/c2*1-10(2)13-8-14-6-12(5)7-16(14)15(9-13)11(3)4;2*1-2-4-6-5-3-1;;;;/h2*6-11H,1-5H3;2*1-5H;2*1H3;;1H2. The summed E-state index contributed by atoms with van der Waals surface area (Å²) in [5.74, 6) is 1.81. The van der Waals surface area contributed by atoms with Gasteiger partial charge in [0.05, 0.1) is 0 Å². The number of fused-ring (bicyclic) bond motifs is 2. The average Bonchev–Trinajstić information content (AvgIpc) is 3.58. The van der Waals surface area contributed by atoms with Gasteiger partial charge < -0.3 is 0 Å². The van der Waals surface area contributed by atoms with Crippen LogP contribution in [0.25, 0.3) is 12.2 Å². The monoisotopic (exact) mass is 820 g/mol. The molecule has 4 aromatic rings. The van der Waals surface area contributed by atoms with Gasteiger partial charge in [-0.1, -0.05) is 0 Å². The summed E-state index contributed by atoms with van der Waals surface area (Å²) < 4.78 is 9.38. The number of rotatable bonds is 8. The second kappa shape index (κ2) is 10.7. The van der Waals surface area contributed by atoms with Crippen LogP contribution in [-0.4, -0.2) is 6.94 Å². The second-order valence-corrected chi connectivity index (χ2v) is 87.4. The Balaban J connectivity index is 1.94. The first-order valence-corrected chi connectivity index (χ1v) is 41.9. The van der Waals surface area contributed by atoms with Crippen LogP contribution >= 0.6 is 0 Å². The van der Waals surface area contributed by atoms with Gasteiger partial charge in [0.25, 0.3) is 0 Å².